The molecule has 44 heavy (non-hydrogen) atoms. The Bertz CT molecular complexity index is 1800. The van der Waals surface area contributed by atoms with Gasteiger partial charge in [0.1, 0.15) is 23.7 Å². The second kappa shape index (κ2) is 13.5. The number of hydrogen-bond donors (Lipinski definition) is 1. The number of morpholine rings is 1. The van der Waals surface area contributed by atoms with E-state index in [1.165, 1.54) is 24.5 Å². The predicted octanol–water partition coefficient (Wildman–Crippen LogP) is 4.80. The van der Waals surface area contributed by atoms with Crippen molar-refractivity contribution in [1.82, 2.24) is 29.9 Å². The molecule has 12 heteroatoms. The lowest BCUT2D eigenvalue weighted by Gasteiger charge is -2.26. The molecule has 1 aliphatic rings. The van der Waals surface area contributed by atoms with Crippen molar-refractivity contribution in [3.05, 3.63) is 84.1 Å². The monoisotopic (exact) mass is 594 g/mol. The summed E-state index contributed by atoms with van der Waals surface area (Å²) in [5.74, 6) is 1.45. The molecule has 0 saturated carbocycles. The number of hydrogen-bond acceptors (Lipinski definition) is 10. The molecule has 1 aliphatic heterocycles. The van der Waals surface area contributed by atoms with Crippen molar-refractivity contribution < 1.29 is 18.6 Å². The van der Waals surface area contributed by atoms with Gasteiger partial charge in [0, 0.05) is 42.3 Å². The van der Waals surface area contributed by atoms with Crippen molar-refractivity contribution in [3.63, 3.8) is 0 Å². The van der Waals surface area contributed by atoms with Crippen LogP contribution in [-0.2, 0) is 11.3 Å². The molecule has 0 amide bonds. The van der Waals surface area contributed by atoms with E-state index in [-0.39, 0.29) is 6.54 Å². The minimum Gasteiger partial charge on any atom is -0.493 e. The first-order chi connectivity index (χ1) is 21.6. The van der Waals surface area contributed by atoms with Crippen LogP contribution >= 0.6 is 0 Å². The first-order valence-electron chi connectivity index (χ1n) is 14.3. The Kier molecular flexibility index (Phi) is 8.86. The molecule has 0 atom stereocenters. The van der Waals surface area contributed by atoms with Gasteiger partial charge in [0.25, 0.3) is 0 Å². The normalized spacial score (nSPS) is 13.5. The Balaban J connectivity index is 1.18. The van der Waals surface area contributed by atoms with Crippen molar-refractivity contribution in [2.75, 3.05) is 51.9 Å². The van der Waals surface area contributed by atoms with Gasteiger partial charge in [-0.05, 0) is 48.4 Å². The number of nitriles is 1. The second-order valence-electron chi connectivity index (χ2n) is 10.3. The van der Waals surface area contributed by atoms with Crippen LogP contribution in [0.3, 0.4) is 0 Å². The highest BCUT2D eigenvalue weighted by atomic mass is 19.1. The molecule has 0 radical (unpaired) electrons. The third-order valence-corrected chi connectivity index (χ3v) is 7.38. The zero-order valence-corrected chi connectivity index (χ0v) is 24.2. The van der Waals surface area contributed by atoms with Crippen LogP contribution in [0.5, 0.6) is 11.5 Å². The molecule has 1 N–H and O–H groups in total. The molecule has 6 rings (SSSR count). The average Bonchev–Trinajstić information content (AvgIpc) is 3.52. The number of nitrogens with zero attached hydrogens (tertiary/aromatic N) is 7. The Morgan fingerprint density at radius 2 is 1.95 bits per heavy atom. The molecule has 0 aliphatic carbocycles. The number of rotatable bonds is 11. The van der Waals surface area contributed by atoms with E-state index in [0.717, 1.165) is 55.9 Å². The summed E-state index contributed by atoms with van der Waals surface area (Å²) in [4.78, 5) is 11.3. The maximum absolute atomic E-state index is 13.8. The lowest BCUT2D eigenvalue weighted by molar-refractivity contribution is 0.0357. The molecule has 0 spiro atoms. The number of ether oxygens (including phenoxy) is 3. The number of halogens is 1. The zero-order valence-electron chi connectivity index (χ0n) is 24.2. The fraction of sp³-hybridized carbons (Fsp3) is 0.281. The van der Waals surface area contributed by atoms with Crippen LogP contribution in [0.25, 0.3) is 22.2 Å². The molecule has 1 saturated heterocycles. The van der Waals surface area contributed by atoms with E-state index in [4.69, 9.17) is 14.2 Å². The van der Waals surface area contributed by atoms with Crippen LogP contribution in [0, 0.1) is 17.1 Å². The predicted molar refractivity (Wildman–Crippen MR) is 162 cm³/mol. The van der Waals surface area contributed by atoms with E-state index in [1.54, 1.807) is 18.0 Å². The summed E-state index contributed by atoms with van der Waals surface area (Å²) in [6, 6.07) is 17.6. The number of aromatic nitrogens is 5. The smallest absolute Gasteiger partial charge is 0.162 e. The lowest BCUT2D eigenvalue weighted by Crippen LogP contribution is -2.37. The molecule has 2 aromatic heterocycles. The van der Waals surface area contributed by atoms with Crippen LogP contribution in [0.4, 0.5) is 15.9 Å². The van der Waals surface area contributed by atoms with Gasteiger partial charge in [0.15, 0.2) is 11.5 Å². The van der Waals surface area contributed by atoms with Crippen molar-refractivity contribution in [2.24, 2.45) is 0 Å². The second-order valence-corrected chi connectivity index (χ2v) is 10.3. The van der Waals surface area contributed by atoms with Gasteiger partial charge in [0.05, 0.1) is 56.8 Å². The molecule has 5 aromatic rings. The fourth-order valence-electron chi connectivity index (χ4n) is 5.11. The molecular weight excluding hydrogens is 563 g/mol. The highest BCUT2D eigenvalue weighted by Crippen LogP contribution is 2.35. The highest BCUT2D eigenvalue weighted by molar-refractivity contribution is 5.93. The van der Waals surface area contributed by atoms with Gasteiger partial charge in [0.2, 0.25) is 0 Å². The number of benzene rings is 3. The SMILES string of the molecule is COc1cc2ncnc(Nc3cccc(-c4cn(Cc5cc(F)ccc5C#N)nn4)c3)c2cc1OCCCN1CCOCC1. The van der Waals surface area contributed by atoms with E-state index >= 15 is 0 Å². The van der Waals surface area contributed by atoms with Gasteiger partial charge in [-0.1, -0.05) is 17.3 Å². The molecule has 3 heterocycles. The Morgan fingerprint density at radius 1 is 1.07 bits per heavy atom. The summed E-state index contributed by atoms with van der Waals surface area (Å²) in [7, 11) is 1.62. The van der Waals surface area contributed by atoms with Crippen LogP contribution in [0.15, 0.2) is 67.1 Å². The fourth-order valence-corrected chi connectivity index (χ4v) is 5.11. The van der Waals surface area contributed by atoms with Crippen molar-refractivity contribution in [3.8, 4) is 28.8 Å². The van der Waals surface area contributed by atoms with Crippen molar-refractivity contribution in [2.45, 2.75) is 13.0 Å². The maximum atomic E-state index is 13.8. The highest BCUT2D eigenvalue weighted by Gasteiger charge is 2.14. The molecule has 1 fully saturated rings. The number of anilines is 2. The number of nitrogens with one attached hydrogen (secondary N) is 1. The number of methoxy groups -OCH3 is 1. The van der Waals surface area contributed by atoms with Gasteiger partial charge < -0.3 is 19.5 Å². The Labute approximate surface area is 253 Å². The van der Waals surface area contributed by atoms with Crippen LogP contribution in [0.1, 0.15) is 17.5 Å². The molecule has 11 nitrogen and oxygen atoms in total. The molecule has 224 valence electrons. The zero-order chi connectivity index (χ0) is 30.3. The van der Waals surface area contributed by atoms with E-state index in [1.807, 2.05) is 36.4 Å². The van der Waals surface area contributed by atoms with E-state index < -0.39 is 5.82 Å². The van der Waals surface area contributed by atoms with Gasteiger partial charge >= 0.3 is 0 Å². The average molecular weight is 595 g/mol. The maximum Gasteiger partial charge on any atom is 0.162 e. The van der Waals surface area contributed by atoms with Crippen LogP contribution < -0.4 is 14.8 Å². The molecule has 0 bridgehead atoms. The third kappa shape index (κ3) is 6.75. The summed E-state index contributed by atoms with van der Waals surface area (Å²) in [6.07, 6.45) is 4.15. The van der Waals surface area contributed by atoms with Crippen LogP contribution in [-0.4, -0.2) is 76.4 Å². The van der Waals surface area contributed by atoms with E-state index in [9.17, 15) is 9.65 Å². The molecule has 0 unspecified atom stereocenters. The minimum atomic E-state index is -0.406. The quantitative estimate of drug-likeness (QED) is 0.213. The minimum absolute atomic E-state index is 0.222. The molecular formula is C32H31FN8O3. The summed E-state index contributed by atoms with van der Waals surface area (Å²) < 4.78 is 32.5. The van der Waals surface area contributed by atoms with Gasteiger partial charge in [-0.2, -0.15) is 5.26 Å². The standard InChI is InChI=1S/C32H31FN8O3/c1-42-30-17-28-27(16-31(30)44-11-3-8-40-9-12-43-13-10-40)32(36-21-35-28)37-26-5-2-4-22(15-26)29-20-41(39-38-29)19-24-14-25(33)7-6-23(24)18-34/h2,4-7,14-17,20-21H,3,8-13,19H2,1H3,(H,35,36,37). The third-order valence-electron chi connectivity index (χ3n) is 7.38. The van der Waals surface area contributed by atoms with Crippen molar-refractivity contribution >= 4 is 22.4 Å². The topological polar surface area (TPSA) is 123 Å². The van der Waals surface area contributed by atoms with E-state index in [0.29, 0.717) is 46.3 Å². The van der Waals surface area contributed by atoms with Gasteiger partial charge in [-0.25, -0.2) is 19.0 Å². The Hall–Kier alpha value is -5.12. The first-order valence-corrected chi connectivity index (χ1v) is 14.3. The van der Waals surface area contributed by atoms with Gasteiger partial charge in [-0.15, -0.1) is 5.10 Å². The summed E-state index contributed by atoms with van der Waals surface area (Å²) in [5, 5.41) is 22.0. The summed E-state index contributed by atoms with van der Waals surface area (Å²) in [5.41, 5.74) is 3.89. The molecule has 3 aromatic carbocycles. The van der Waals surface area contributed by atoms with Gasteiger partial charge in [-0.3, -0.25) is 4.90 Å². The Morgan fingerprint density at radius 3 is 2.80 bits per heavy atom. The van der Waals surface area contributed by atoms with E-state index in [2.05, 4.69) is 36.6 Å². The summed E-state index contributed by atoms with van der Waals surface area (Å²) in [6.45, 7) is 5.17. The van der Waals surface area contributed by atoms with Crippen LogP contribution in [0.2, 0.25) is 0 Å². The number of fused-ring (bicyclic) bond motifs is 1. The summed E-state index contributed by atoms with van der Waals surface area (Å²) >= 11 is 0. The lowest BCUT2D eigenvalue weighted by atomic mass is 10.1. The van der Waals surface area contributed by atoms with Crippen molar-refractivity contribution in [1.29, 1.82) is 5.26 Å². The first kappa shape index (κ1) is 29.0. The largest absolute Gasteiger partial charge is 0.493 e.